The Bertz CT molecular complexity index is 552. The summed E-state index contributed by atoms with van der Waals surface area (Å²) in [6.45, 7) is 2.64. The van der Waals surface area contributed by atoms with E-state index in [2.05, 4.69) is 15.3 Å². The van der Waals surface area contributed by atoms with Crippen molar-refractivity contribution >= 4 is 11.6 Å². The number of ether oxygens (including phenoxy) is 1. The molecule has 1 heterocycles. The fourth-order valence-electron chi connectivity index (χ4n) is 1.71. The first kappa shape index (κ1) is 12.9. The molecular weight excluding hydrogens is 244 g/mol. The van der Waals surface area contributed by atoms with Gasteiger partial charge < -0.3 is 20.8 Å². The number of amides is 1. The lowest BCUT2D eigenvalue weighted by Gasteiger charge is -2.12. The molecule has 0 radical (unpaired) electrons. The highest BCUT2D eigenvalue weighted by Crippen LogP contribution is 2.24. The lowest BCUT2D eigenvalue weighted by molar-refractivity contribution is 0.0947. The van der Waals surface area contributed by atoms with E-state index in [-0.39, 0.29) is 5.91 Å². The molecule has 100 valence electrons. The molecule has 0 aliphatic rings. The van der Waals surface area contributed by atoms with Crippen LogP contribution in [-0.2, 0) is 6.54 Å². The molecular formula is C13H16N4O2. The van der Waals surface area contributed by atoms with Crippen molar-refractivity contribution in [2.45, 2.75) is 13.5 Å². The highest BCUT2D eigenvalue weighted by atomic mass is 16.5. The fourth-order valence-corrected chi connectivity index (χ4v) is 1.71. The molecule has 0 bridgehead atoms. The van der Waals surface area contributed by atoms with Gasteiger partial charge >= 0.3 is 0 Å². The maximum Gasteiger partial charge on any atom is 0.257 e. The second-order valence-electron chi connectivity index (χ2n) is 3.87. The average Bonchev–Trinajstić information content (AvgIpc) is 2.90. The number of nitrogen functional groups attached to an aromatic ring is 1. The molecule has 0 unspecified atom stereocenters. The summed E-state index contributed by atoms with van der Waals surface area (Å²) in [5.74, 6) is 0.887. The molecule has 0 saturated heterocycles. The van der Waals surface area contributed by atoms with Crippen LogP contribution in [0.1, 0.15) is 23.1 Å². The molecule has 4 N–H and O–H groups in total. The molecule has 0 aliphatic carbocycles. The van der Waals surface area contributed by atoms with Crippen molar-refractivity contribution in [2.24, 2.45) is 0 Å². The minimum absolute atomic E-state index is 0.280. The molecule has 0 fully saturated rings. The molecule has 1 aromatic carbocycles. The van der Waals surface area contributed by atoms with Crippen molar-refractivity contribution in [1.29, 1.82) is 0 Å². The van der Waals surface area contributed by atoms with Crippen LogP contribution in [0.25, 0.3) is 0 Å². The molecule has 19 heavy (non-hydrogen) atoms. The Morgan fingerprint density at radius 2 is 2.37 bits per heavy atom. The number of aromatic amines is 1. The Labute approximate surface area is 111 Å². The molecule has 1 aromatic heterocycles. The van der Waals surface area contributed by atoms with Gasteiger partial charge in [0.25, 0.3) is 5.91 Å². The van der Waals surface area contributed by atoms with E-state index in [0.717, 1.165) is 0 Å². The van der Waals surface area contributed by atoms with Gasteiger partial charge in [0.15, 0.2) is 0 Å². The van der Waals surface area contributed by atoms with E-state index in [1.165, 1.54) is 0 Å². The van der Waals surface area contributed by atoms with Gasteiger partial charge in [-0.3, -0.25) is 4.79 Å². The molecule has 2 aromatic rings. The fraction of sp³-hybridized carbons (Fsp3) is 0.231. The van der Waals surface area contributed by atoms with Crippen molar-refractivity contribution in [1.82, 2.24) is 15.3 Å². The monoisotopic (exact) mass is 260 g/mol. The summed E-state index contributed by atoms with van der Waals surface area (Å²) < 4.78 is 5.41. The second-order valence-corrected chi connectivity index (χ2v) is 3.87. The topological polar surface area (TPSA) is 93.0 Å². The number of aromatic nitrogens is 2. The van der Waals surface area contributed by atoms with Gasteiger partial charge in [0.1, 0.15) is 17.1 Å². The van der Waals surface area contributed by atoms with E-state index < -0.39 is 0 Å². The summed E-state index contributed by atoms with van der Waals surface area (Å²) >= 11 is 0. The number of nitrogens with two attached hydrogens (primary N) is 1. The van der Waals surface area contributed by atoms with Crippen molar-refractivity contribution in [3.05, 3.63) is 42.0 Å². The number of H-pyrrole nitrogens is 1. The van der Waals surface area contributed by atoms with E-state index in [9.17, 15) is 4.79 Å². The van der Waals surface area contributed by atoms with Crippen LogP contribution in [0.4, 0.5) is 5.69 Å². The average molecular weight is 260 g/mol. The van der Waals surface area contributed by atoms with Crippen LogP contribution in [0.2, 0.25) is 0 Å². The van der Waals surface area contributed by atoms with Gasteiger partial charge in [-0.25, -0.2) is 4.98 Å². The van der Waals surface area contributed by atoms with Gasteiger partial charge in [0, 0.05) is 18.1 Å². The van der Waals surface area contributed by atoms with E-state index in [1.807, 2.05) is 6.92 Å². The third-order valence-corrected chi connectivity index (χ3v) is 2.56. The molecule has 6 heteroatoms. The van der Waals surface area contributed by atoms with Crippen LogP contribution in [-0.4, -0.2) is 22.5 Å². The van der Waals surface area contributed by atoms with Gasteiger partial charge in [-0.05, 0) is 19.1 Å². The molecule has 2 rings (SSSR count). The summed E-state index contributed by atoms with van der Waals surface area (Å²) in [5.41, 5.74) is 6.59. The van der Waals surface area contributed by atoms with E-state index >= 15 is 0 Å². The maximum atomic E-state index is 12.1. The van der Waals surface area contributed by atoms with Crippen molar-refractivity contribution < 1.29 is 9.53 Å². The molecule has 0 saturated carbocycles. The normalized spacial score (nSPS) is 10.2. The summed E-state index contributed by atoms with van der Waals surface area (Å²) in [5, 5.41) is 2.75. The number of hydrogen-bond acceptors (Lipinski definition) is 4. The minimum Gasteiger partial charge on any atom is -0.493 e. The first-order valence-corrected chi connectivity index (χ1v) is 6.00. The summed E-state index contributed by atoms with van der Waals surface area (Å²) in [6.07, 6.45) is 3.33. The minimum atomic E-state index is -0.280. The zero-order valence-electron chi connectivity index (χ0n) is 10.6. The predicted molar refractivity (Wildman–Crippen MR) is 71.8 cm³/mol. The number of imidazole rings is 1. The third kappa shape index (κ3) is 3.04. The number of carbonyl (C=O) groups is 1. The Morgan fingerprint density at radius 1 is 1.53 bits per heavy atom. The largest absolute Gasteiger partial charge is 0.493 e. The zero-order valence-corrected chi connectivity index (χ0v) is 10.6. The van der Waals surface area contributed by atoms with Crippen LogP contribution in [0.15, 0.2) is 30.6 Å². The lowest BCUT2D eigenvalue weighted by Crippen LogP contribution is -2.25. The number of carbonyl (C=O) groups excluding carboxylic acids is 1. The van der Waals surface area contributed by atoms with Crippen LogP contribution in [0.5, 0.6) is 5.75 Å². The number of anilines is 1. The Kier molecular flexibility index (Phi) is 4.02. The quantitative estimate of drug-likeness (QED) is 0.707. The van der Waals surface area contributed by atoms with Crippen molar-refractivity contribution in [2.75, 3.05) is 12.3 Å². The number of nitrogens with zero attached hydrogens (tertiary/aromatic N) is 1. The van der Waals surface area contributed by atoms with Crippen molar-refractivity contribution in [3.8, 4) is 5.75 Å². The highest BCUT2D eigenvalue weighted by molar-refractivity contribution is 6.01. The smallest absolute Gasteiger partial charge is 0.257 e. The van der Waals surface area contributed by atoms with Gasteiger partial charge in [-0.1, -0.05) is 6.07 Å². The third-order valence-electron chi connectivity index (χ3n) is 2.56. The van der Waals surface area contributed by atoms with Gasteiger partial charge in [0.2, 0.25) is 0 Å². The molecule has 6 nitrogen and oxygen atoms in total. The Morgan fingerprint density at radius 3 is 3.05 bits per heavy atom. The number of benzene rings is 1. The zero-order chi connectivity index (χ0) is 13.7. The number of rotatable bonds is 5. The molecule has 0 atom stereocenters. The molecule has 0 spiro atoms. The first-order valence-electron chi connectivity index (χ1n) is 6.00. The number of nitrogens with one attached hydrogen (secondary N) is 2. The van der Waals surface area contributed by atoms with E-state index in [1.54, 1.807) is 30.6 Å². The maximum absolute atomic E-state index is 12.1. The van der Waals surface area contributed by atoms with Gasteiger partial charge in [-0.2, -0.15) is 0 Å². The molecule has 1 amide bonds. The Hall–Kier alpha value is -2.50. The van der Waals surface area contributed by atoms with Crippen molar-refractivity contribution in [3.63, 3.8) is 0 Å². The van der Waals surface area contributed by atoms with Crippen LogP contribution < -0.4 is 15.8 Å². The lowest BCUT2D eigenvalue weighted by atomic mass is 10.1. The van der Waals surface area contributed by atoms with Crippen LogP contribution >= 0.6 is 0 Å². The number of hydrogen-bond donors (Lipinski definition) is 3. The summed E-state index contributed by atoms with van der Waals surface area (Å²) in [7, 11) is 0. The highest BCUT2D eigenvalue weighted by Gasteiger charge is 2.15. The first-order chi connectivity index (χ1) is 9.22. The Balaban J connectivity index is 2.13. The van der Waals surface area contributed by atoms with Gasteiger partial charge in [-0.15, -0.1) is 0 Å². The van der Waals surface area contributed by atoms with Gasteiger partial charge in [0.05, 0.1) is 13.2 Å². The standard InChI is InChI=1S/C13H16N4O2/c1-2-19-10-5-3-4-9(14)12(10)13(18)17-8-11-15-6-7-16-11/h3-7H,2,8,14H2,1H3,(H,15,16)(H,17,18). The van der Waals surface area contributed by atoms with Crippen LogP contribution in [0.3, 0.4) is 0 Å². The van der Waals surface area contributed by atoms with E-state index in [0.29, 0.717) is 36.0 Å². The SMILES string of the molecule is CCOc1cccc(N)c1C(=O)NCc1ncc[nH]1. The summed E-state index contributed by atoms with van der Waals surface area (Å²) in [6, 6.07) is 5.15. The molecule has 0 aliphatic heterocycles. The van der Waals surface area contributed by atoms with Crippen LogP contribution in [0, 0.1) is 0 Å². The predicted octanol–water partition coefficient (Wildman–Crippen LogP) is 1.32. The van der Waals surface area contributed by atoms with E-state index in [4.69, 9.17) is 10.5 Å². The summed E-state index contributed by atoms with van der Waals surface area (Å²) in [4.78, 5) is 19.1. The second kappa shape index (κ2) is 5.90.